The Morgan fingerprint density at radius 3 is 2.80 bits per heavy atom. The zero-order chi connectivity index (χ0) is 14.8. The van der Waals surface area contributed by atoms with Crippen LogP contribution in [0.3, 0.4) is 0 Å². The van der Waals surface area contributed by atoms with Crippen molar-refractivity contribution in [2.24, 2.45) is 5.92 Å². The Kier molecular flexibility index (Phi) is 5.07. The number of aliphatic hydroxyl groups excluding tert-OH is 1. The molecule has 4 nitrogen and oxygen atoms in total. The molecule has 1 aromatic rings. The standard InChI is InChI=1S/C14H20ClNO3S/c1-10-3-2-4-12(7-10)16-20(18,19)14-8-11(9-17)5-6-13(14)15/h5-6,8,10,12,16-17H,2-4,7,9H2,1H3. The molecule has 1 aliphatic rings. The van der Waals surface area contributed by atoms with Gasteiger partial charge in [-0.3, -0.25) is 0 Å². The van der Waals surface area contributed by atoms with Crippen molar-refractivity contribution in [2.75, 3.05) is 0 Å². The minimum absolute atomic E-state index is 0.0300. The summed E-state index contributed by atoms with van der Waals surface area (Å²) in [5, 5.41) is 9.30. The highest BCUT2D eigenvalue weighted by atomic mass is 35.5. The Balaban J connectivity index is 2.21. The van der Waals surface area contributed by atoms with Crippen LogP contribution in [0.25, 0.3) is 0 Å². The van der Waals surface area contributed by atoms with Gasteiger partial charge in [0.2, 0.25) is 10.0 Å². The van der Waals surface area contributed by atoms with E-state index in [1.54, 1.807) is 6.07 Å². The number of nitrogens with one attached hydrogen (secondary N) is 1. The molecule has 2 unspecified atom stereocenters. The van der Waals surface area contributed by atoms with E-state index in [4.69, 9.17) is 16.7 Å². The summed E-state index contributed by atoms with van der Waals surface area (Å²) in [6, 6.07) is 4.52. The van der Waals surface area contributed by atoms with E-state index in [2.05, 4.69) is 11.6 Å². The van der Waals surface area contributed by atoms with Gasteiger partial charge in [0.1, 0.15) is 4.90 Å². The first-order valence-electron chi connectivity index (χ1n) is 6.84. The normalized spacial score (nSPS) is 23.8. The highest BCUT2D eigenvalue weighted by Gasteiger charge is 2.26. The molecule has 0 heterocycles. The fourth-order valence-corrected chi connectivity index (χ4v) is 4.51. The highest BCUT2D eigenvalue weighted by Crippen LogP contribution is 2.27. The first kappa shape index (κ1) is 15.8. The predicted octanol–water partition coefficient (Wildman–Crippen LogP) is 2.69. The molecule has 0 saturated heterocycles. The van der Waals surface area contributed by atoms with Crippen LogP contribution in [-0.2, 0) is 16.6 Å². The number of halogens is 1. The maximum atomic E-state index is 12.4. The third-order valence-corrected chi connectivity index (χ3v) is 5.73. The van der Waals surface area contributed by atoms with Crippen molar-refractivity contribution in [3.63, 3.8) is 0 Å². The number of sulfonamides is 1. The average molecular weight is 318 g/mol. The molecule has 0 radical (unpaired) electrons. The van der Waals surface area contributed by atoms with Gasteiger partial charge in [-0.1, -0.05) is 37.4 Å². The predicted molar refractivity (Wildman–Crippen MR) is 79.1 cm³/mol. The summed E-state index contributed by atoms with van der Waals surface area (Å²) in [7, 11) is -3.64. The van der Waals surface area contributed by atoms with Gasteiger partial charge in [0.15, 0.2) is 0 Å². The zero-order valence-electron chi connectivity index (χ0n) is 11.5. The molecular formula is C14H20ClNO3S. The molecule has 112 valence electrons. The van der Waals surface area contributed by atoms with E-state index in [1.807, 2.05) is 0 Å². The maximum Gasteiger partial charge on any atom is 0.242 e. The number of aliphatic hydroxyl groups is 1. The topological polar surface area (TPSA) is 66.4 Å². The Morgan fingerprint density at radius 1 is 1.40 bits per heavy atom. The van der Waals surface area contributed by atoms with Crippen molar-refractivity contribution >= 4 is 21.6 Å². The molecule has 0 bridgehead atoms. The first-order chi connectivity index (χ1) is 9.42. The average Bonchev–Trinajstić information content (AvgIpc) is 2.38. The van der Waals surface area contributed by atoms with Crippen LogP contribution < -0.4 is 4.72 Å². The van der Waals surface area contributed by atoms with E-state index >= 15 is 0 Å². The van der Waals surface area contributed by atoms with Crippen molar-refractivity contribution in [3.8, 4) is 0 Å². The van der Waals surface area contributed by atoms with Crippen LogP contribution in [0.4, 0.5) is 0 Å². The Bertz CT molecular complexity index is 574. The lowest BCUT2D eigenvalue weighted by Gasteiger charge is -2.27. The fraction of sp³-hybridized carbons (Fsp3) is 0.571. The van der Waals surface area contributed by atoms with Gasteiger partial charge in [0.25, 0.3) is 0 Å². The Hall–Kier alpha value is -0.620. The lowest BCUT2D eigenvalue weighted by atomic mass is 9.88. The smallest absolute Gasteiger partial charge is 0.242 e. The number of benzene rings is 1. The highest BCUT2D eigenvalue weighted by molar-refractivity contribution is 7.89. The third-order valence-electron chi connectivity index (χ3n) is 3.73. The van der Waals surface area contributed by atoms with Gasteiger partial charge in [0, 0.05) is 6.04 Å². The second-order valence-corrected chi connectivity index (χ2v) is 7.60. The summed E-state index contributed by atoms with van der Waals surface area (Å²) in [5.41, 5.74) is 0.534. The molecule has 1 aromatic carbocycles. The molecule has 0 spiro atoms. The van der Waals surface area contributed by atoms with Crippen LogP contribution in [-0.4, -0.2) is 19.6 Å². The van der Waals surface area contributed by atoms with Gasteiger partial charge in [-0.25, -0.2) is 13.1 Å². The van der Waals surface area contributed by atoms with Gasteiger partial charge >= 0.3 is 0 Å². The Labute approximate surface area is 125 Å². The first-order valence-corrected chi connectivity index (χ1v) is 8.70. The van der Waals surface area contributed by atoms with Crippen LogP contribution in [0.2, 0.25) is 5.02 Å². The summed E-state index contributed by atoms with van der Waals surface area (Å²) < 4.78 is 27.6. The molecule has 2 atom stereocenters. The van der Waals surface area contributed by atoms with E-state index in [0.717, 1.165) is 25.7 Å². The lowest BCUT2D eigenvalue weighted by molar-refractivity contribution is 0.281. The number of hydrogen-bond donors (Lipinski definition) is 2. The SMILES string of the molecule is CC1CCCC(NS(=O)(=O)c2cc(CO)ccc2Cl)C1. The van der Waals surface area contributed by atoms with E-state index in [-0.39, 0.29) is 22.6 Å². The van der Waals surface area contributed by atoms with Crippen molar-refractivity contribution < 1.29 is 13.5 Å². The van der Waals surface area contributed by atoms with Gasteiger partial charge in [-0.05, 0) is 36.5 Å². The van der Waals surface area contributed by atoms with E-state index in [0.29, 0.717) is 11.5 Å². The largest absolute Gasteiger partial charge is 0.392 e. The summed E-state index contributed by atoms with van der Waals surface area (Å²) in [6.45, 7) is 1.93. The third kappa shape index (κ3) is 3.73. The summed E-state index contributed by atoms with van der Waals surface area (Å²) in [5.74, 6) is 0.538. The summed E-state index contributed by atoms with van der Waals surface area (Å²) in [4.78, 5) is 0.0453. The zero-order valence-corrected chi connectivity index (χ0v) is 13.0. The summed E-state index contributed by atoms with van der Waals surface area (Å²) >= 11 is 5.98. The van der Waals surface area contributed by atoms with Crippen molar-refractivity contribution in [2.45, 2.75) is 50.2 Å². The molecular weight excluding hydrogens is 298 g/mol. The molecule has 0 aliphatic heterocycles. The second-order valence-electron chi connectivity index (χ2n) is 5.51. The van der Waals surface area contributed by atoms with Gasteiger partial charge in [-0.2, -0.15) is 0 Å². The lowest BCUT2D eigenvalue weighted by Crippen LogP contribution is -2.38. The fourth-order valence-electron chi connectivity index (χ4n) is 2.68. The molecule has 6 heteroatoms. The molecule has 1 aliphatic carbocycles. The van der Waals surface area contributed by atoms with Crippen LogP contribution >= 0.6 is 11.6 Å². The maximum absolute atomic E-state index is 12.4. The number of hydrogen-bond acceptors (Lipinski definition) is 3. The van der Waals surface area contributed by atoms with Crippen LogP contribution in [0.15, 0.2) is 23.1 Å². The molecule has 0 aromatic heterocycles. The van der Waals surface area contributed by atoms with Crippen molar-refractivity contribution in [3.05, 3.63) is 28.8 Å². The van der Waals surface area contributed by atoms with E-state index in [9.17, 15) is 8.42 Å². The molecule has 1 fully saturated rings. The molecule has 0 amide bonds. The molecule has 2 N–H and O–H groups in total. The molecule has 2 rings (SSSR count). The van der Waals surface area contributed by atoms with E-state index in [1.165, 1.54) is 12.1 Å². The van der Waals surface area contributed by atoms with Gasteiger partial charge in [0.05, 0.1) is 11.6 Å². The van der Waals surface area contributed by atoms with Gasteiger partial charge in [-0.15, -0.1) is 0 Å². The quantitative estimate of drug-likeness (QED) is 0.897. The van der Waals surface area contributed by atoms with Gasteiger partial charge < -0.3 is 5.11 Å². The number of rotatable bonds is 4. The second kappa shape index (κ2) is 6.43. The summed E-state index contributed by atoms with van der Waals surface area (Å²) in [6.07, 6.45) is 3.91. The van der Waals surface area contributed by atoms with Crippen LogP contribution in [0.5, 0.6) is 0 Å². The van der Waals surface area contributed by atoms with Crippen molar-refractivity contribution in [1.82, 2.24) is 4.72 Å². The van der Waals surface area contributed by atoms with E-state index < -0.39 is 10.0 Å². The molecule has 20 heavy (non-hydrogen) atoms. The minimum atomic E-state index is -3.64. The molecule has 1 saturated carbocycles. The minimum Gasteiger partial charge on any atom is -0.392 e. The monoisotopic (exact) mass is 317 g/mol. The Morgan fingerprint density at radius 2 is 2.15 bits per heavy atom. The van der Waals surface area contributed by atoms with Crippen molar-refractivity contribution in [1.29, 1.82) is 0 Å². The van der Waals surface area contributed by atoms with Crippen LogP contribution in [0.1, 0.15) is 38.2 Å². The van der Waals surface area contributed by atoms with Crippen LogP contribution in [0, 0.1) is 5.92 Å².